The van der Waals surface area contributed by atoms with E-state index in [0.29, 0.717) is 19.8 Å². The Hall–Kier alpha value is -4.91. The Bertz CT molecular complexity index is 2170. The monoisotopic (exact) mass is 954 g/mol. The summed E-state index contributed by atoms with van der Waals surface area (Å²) in [5.41, 5.74) is 15.2. The van der Waals surface area contributed by atoms with E-state index >= 15 is 0 Å². The molecule has 0 amide bonds. The highest BCUT2D eigenvalue weighted by atomic mass is 16.8. The molecule has 0 N–H and O–H groups in total. The number of azide groups is 1. The van der Waals surface area contributed by atoms with Gasteiger partial charge in [-0.25, -0.2) is 0 Å². The first-order valence-corrected chi connectivity index (χ1v) is 25.9. The van der Waals surface area contributed by atoms with Gasteiger partial charge in [0.25, 0.3) is 0 Å². The van der Waals surface area contributed by atoms with Gasteiger partial charge in [0.1, 0.15) is 24.4 Å². The minimum absolute atomic E-state index is 0.0415. The largest absolute Gasteiger partial charge is 0.371 e. The van der Waals surface area contributed by atoms with Crippen molar-refractivity contribution in [1.29, 1.82) is 0 Å². The van der Waals surface area contributed by atoms with E-state index in [-0.39, 0.29) is 19.8 Å². The van der Waals surface area contributed by atoms with Crippen molar-refractivity contribution in [3.05, 3.63) is 190 Å². The second-order valence-corrected chi connectivity index (χ2v) is 18.6. The van der Waals surface area contributed by atoms with Crippen molar-refractivity contribution in [3.8, 4) is 0 Å². The quantitative estimate of drug-likeness (QED) is 0.0181. The number of ether oxygens (including phenoxy) is 8. The predicted octanol–water partition coefficient (Wildman–Crippen LogP) is 14.0. The lowest BCUT2D eigenvalue weighted by Gasteiger charge is -2.49. The van der Waals surface area contributed by atoms with Crippen LogP contribution in [0.3, 0.4) is 0 Å². The zero-order valence-electron chi connectivity index (χ0n) is 41.2. The fourth-order valence-corrected chi connectivity index (χ4v) is 9.35. The van der Waals surface area contributed by atoms with Gasteiger partial charge in [0.05, 0.1) is 57.9 Å². The van der Waals surface area contributed by atoms with Crippen LogP contribution in [0.25, 0.3) is 10.4 Å². The summed E-state index contributed by atoms with van der Waals surface area (Å²) < 4.78 is 54.2. The van der Waals surface area contributed by atoms with Crippen LogP contribution in [0.4, 0.5) is 0 Å². The van der Waals surface area contributed by atoms with Gasteiger partial charge in [-0.15, -0.1) is 0 Å². The van der Waals surface area contributed by atoms with Crippen molar-refractivity contribution in [2.24, 2.45) is 5.11 Å². The van der Waals surface area contributed by atoms with Crippen LogP contribution < -0.4 is 0 Å². The Morgan fingerprint density at radius 2 is 1.01 bits per heavy atom. The minimum Gasteiger partial charge on any atom is -0.371 e. The third-order valence-electron chi connectivity index (χ3n) is 13.2. The SMILES string of the molecule is CCCCCCCCCCCCCC[C@@H](OCc1ccccc1)[C@@H](OCc1ccccc1)[C@H](CO[C@H]1O[C@@H]2COC(c3ccccc3)O[C@@H]2[C@H](OCc2ccccc2)[C@H]1OCc1ccccc1)N=[N+]=[N-]. The highest BCUT2D eigenvalue weighted by Gasteiger charge is 2.52. The summed E-state index contributed by atoms with van der Waals surface area (Å²) >= 11 is 0. The van der Waals surface area contributed by atoms with Crippen molar-refractivity contribution < 1.29 is 37.9 Å². The van der Waals surface area contributed by atoms with Crippen LogP contribution >= 0.6 is 0 Å². The second kappa shape index (κ2) is 30.7. The van der Waals surface area contributed by atoms with Crippen molar-refractivity contribution in [3.63, 3.8) is 0 Å². The van der Waals surface area contributed by atoms with E-state index in [1.807, 2.05) is 140 Å². The number of hydrogen-bond donors (Lipinski definition) is 0. The number of rotatable bonds is 32. The van der Waals surface area contributed by atoms with Crippen molar-refractivity contribution in [1.82, 2.24) is 0 Å². The number of hydrogen-bond acceptors (Lipinski definition) is 9. The molecule has 9 atom stereocenters. The molecule has 374 valence electrons. The average Bonchev–Trinajstić information content (AvgIpc) is 3.41. The standard InChI is InChI=1S/C59H75N3O8/c1-2-3-4-5-6-7-8-9-10-11-12-28-39-52(63-40-46-29-18-13-19-30-46)54(64-41-47-31-20-14-21-32-47)51(61-62-60)44-67-59-57(66-43-49-35-24-16-25-36-49)56(65-42-48-33-22-15-23-34-48)55-53(69-59)45-68-58(70-55)50-37-26-17-27-38-50/h13-27,29-38,51-59H,2-12,28,39-45H2,1H3/t51-,52+,53+,54-,55-,56-,57+,58?,59-/m0/s1. The number of benzene rings is 5. The van der Waals surface area contributed by atoms with Gasteiger partial charge in [0, 0.05) is 10.5 Å². The molecule has 1 unspecified atom stereocenters. The third-order valence-corrected chi connectivity index (χ3v) is 13.2. The van der Waals surface area contributed by atoms with Crippen molar-refractivity contribution in [2.45, 2.75) is 172 Å². The lowest BCUT2D eigenvalue weighted by Crippen LogP contribution is -2.64. The molecule has 5 aromatic rings. The van der Waals surface area contributed by atoms with Gasteiger partial charge in [-0.05, 0) is 34.2 Å². The normalized spacial score (nSPS) is 21.3. The Kier molecular flexibility index (Phi) is 23.2. The van der Waals surface area contributed by atoms with Crippen molar-refractivity contribution >= 4 is 0 Å². The molecule has 0 spiro atoms. The van der Waals surface area contributed by atoms with Gasteiger partial charge in [0.15, 0.2) is 12.6 Å². The second-order valence-electron chi connectivity index (χ2n) is 18.6. The van der Waals surface area contributed by atoms with Gasteiger partial charge < -0.3 is 37.9 Å². The molecule has 2 heterocycles. The zero-order valence-corrected chi connectivity index (χ0v) is 41.2. The molecular weight excluding hydrogens is 879 g/mol. The average molecular weight is 954 g/mol. The van der Waals surface area contributed by atoms with Crippen LogP contribution in [0.5, 0.6) is 0 Å². The molecular formula is C59H75N3O8. The van der Waals surface area contributed by atoms with E-state index in [1.54, 1.807) is 0 Å². The molecule has 0 aromatic heterocycles. The van der Waals surface area contributed by atoms with E-state index in [2.05, 4.69) is 29.1 Å². The highest BCUT2D eigenvalue weighted by molar-refractivity contribution is 5.18. The summed E-state index contributed by atoms with van der Waals surface area (Å²) in [5.74, 6) is 0. The summed E-state index contributed by atoms with van der Waals surface area (Å²) in [6.07, 6.45) is 10.5. The van der Waals surface area contributed by atoms with E-state index in [4.69, 9.17) is 37.9 Å². The zero-order chi connectivity index (χ0) is 48.3. The van der Waals surface area contributed by atoms with Crippen LogP contribution in [0.2, 0.25) is 0 Å². The van der Waals surface area contributed by atoms with Crippen LogP contribution in [-0.2, 0) is 64.3 Å². The molecule has 2 aliphatic heterocycles. The first kappa shape index (κ1) is 52.9. The molecule has 0 bridgehead atoms. The lowest BCUT2D eigenvalue weighted by molar-refractivity contribution is -0.373. The molecule has 2 saturated heterocycles. The summed E-state index contributed by atoms with van der Waals surface area (Å²) in [6.45, 7) is 3.72. The molecule has 0 saturated carbocycles. The summed E-state index contributed by atoms with van der Waals surface area (Å²) in [6, 6.07) is 49.4. The Morgan fingerprint density at radius 1 is 0.543 bits per heavy atom. The molecule has 5 aromatic carbocycles. The Labute approximate surface area is 416 Å². The third kappa shape index (κ3) is 17.4. The first-order valence-electron chi connectivity index (χ1n) is 25.9. The number of nitrogens with zero attached hydrogens (tertiary/aromatic N) is 3. The summed E-state index contributed by atoms with van der Waals surface area (Å²) in [4.78, 5) is 3.39. The molecule has 0 aliphatic carbocycles. The lowest BCUT2D eigenvalue weighted by atomic mass is 9.96. The summed E-state index contributed by atoms with van der Waals surface area (Å²) in [5, 5.41) is 4.42. The van der Waals surface area contributed by atoms with Gasteiger partial charge in [-0.1, -0.05) is 241 Å². The summed E-state index contributed by atoms with van der Waals surface area (Å²) in [7, 11) is 0. The molecule has 0 radical (unpaired) electrons. The smallest absolute Gasteiger partial charge is 0.186 e. The molecule has 7 rings (SSSR count). The Morgan fingerprint density at radius 3 is 1.54 bits per heavy atom. The minimum atomic E-state index is -0.961. The van der Waals surface area contributed by atoms with Crippen LogP contribution in [0.15, 0.2) is 157 Å². The Balaban J connectivity index is 1.11. The van der Waals surface area contributed by atoms with E-state index < -0.39 is 55.2 Å². The van der Waals surface area contributed by atoms with E-state index in [9.17, 15) is 5.53 Å². The fourth-order valence-electron chi connectivity index (χ4n) is 9.35. The van der Waals surface area contributed by atoms with E-state index in [0.717, 1.165) is 53.5 Å². The van der Waals surface area contributed by atoms with Crippen molar-refractivity contribution in [2.75, 3.05) is 13.2 Å². The molecule has 2 aliphatic rings. The van der Waals surface area contributed by atoms with Gasteiger partial charge in [-0.2, -0.15) is 0 Å². The van der Waals surface area contributed by atoms with Crippen LogP contribution in [-0.4, -0.2) is 62.2 Å². The maximum Gasteiger partial charge on any atom is 0.186 e. The topological polar surface area (TPSA) is 123 Å². The number of fused-ring (bicyclic) bond motifs is 1. The molecule has 11 nitrogen and oxygen atoms in total. The van der Waals surface area contributed by atoms with Gasteiger partial charge in [0.2, 0.25) is 0 Å². The molecule has 11 heteroatoms. The van der Waals surface area contributed by atoms with Gasteiger partial charge >= 0.3 is 0 Å². The molecule has 70 heavy (non-hydrogen) atoms. The molecule has 2 fully saturated rings. The predicted molar refractivity (Wildman–Crippen MR) is 273 cm³/mol. The maximum absolute atomic E-state index is 10.2. The van der Waals surface area contributed by atoms with Gasteiger partial charge in [-0.3, -0.25) is 0 Å². The van der Waals surface area contributed by atoms with Crippen LogP contribution in [0, 0.1) is 0 Å². The highest BCUT2D eigenvalue weighted by Crippen LogP contribution is 2.38. The van der Waals surface area contributed by atoms with E-state index in [1.165, 1.54) is 57.8 Å². The fraction of sp³-hybridized carbons (Fsp3) is 0.492. The maximum atomic E-state index is 10.2. The first-order chi connectivity index (χ1) is 34.7. The number of unbranched alkanes of at least 4 members (excludes halogenated alkanes) is 11. The van der Waals surface area contributed by atoms with Crippen LogP contribution in [0.1, 0.15) is 125 Å².